The fourth-order valence-electron chi connectivity index (χ4n) is 9.07. The number of nitrogens with two attached hydrogens (primary N) is 1. The predicted molar refractivity (Wildman–Crippen MR) is 330 cm³/mol. The quantitative estimate of drug-likeness (QED) is 0.0197. The summed E-state index contributed by atoms with van der Waals surface area (Å²) in [7, 11) is 5.65. The van der Waals surface area contributed by atoms with E-state index in [0.29, 0.717) is 16.8 Å². The zero-order valence-electron chi connectivity index (χ0n) is 39.4. The summed E-state index contributed by atoms with van der Waals surface area (Å²) >= 11 is 25.0. The Morgan fingerprint density at radius 2 is 1.17 bits per heavy atom. The van der Waals surface area contributed by atoms with E-state index in [1.807, 2.05) is 66.5 Å². The van der Waals surface area contributed by atoms with Crippen LogP contribution in [0.15, 0.2) is 198 Å². The van der Waals surface area contributed by atoms with Gasteiger partial charge in [-0.05, 0) is 69.5 Å². The first-order chi connectivity index (χ1) is 36.7. The van der Waals surface area contributed by atoms with E-state index in [2.05, 4.69) is 171 Å². The van der Waals surface area contributed by atoms with Gasteiger partial charge in [0.05, 0.1) is 16.4 Å². The summed E-state index contributed by atoms with van der Waals surface area (Å²) in [6.07, 6.45) is 0. The number of fused-ring (bicyclic) bond motifs is 21. The molecule has 0 atom stereocenters. The molecule has 78 heavy (non-hydrogen) atoms. The molecular weight excluding hydrogens is 1360 g/mol. The predicted octanol–water partition coefficient (Wildman–Crippen LogP) is 14.9. The van der Waals surface area contributed by atoms with Crippen molar-refractivity contribution in [2.24, 2.45) is 4.40 Å². The van der Waals surface area contributed by atoms with Crippen LogP contribution in [0.5, 0.6) is 0 Å². The molecule has 2 aliphatic heterocycles. The maximum absolute atomic E-state index is 6.00. The Morgan fingerprint density at radius 1 is 0.641 bits per heavy atom. The number of anilines is 2. The monoisotopic (exact) mass is 1400 g/mol. The molecule has 21 heteroatoms. The number of nitrogen functional groups attached to an aromatic ring is 1. The zero-order valence-corrected chi connectivity index (χ0v) is 49.7. The van der Waals surface area contributed by atoms with E-state index >= 15 is 0 Å². The van der Waals surface area contributed by atoms with Crippen LogP contribution >= 0.6 is 104 Å². The van der Waals surface area contributed by atoms with Crippen LogP contribution in [0.1, 0.15) is 13.0 Å². The summed E-state index contributed by atoms with van der Waals surface area (Å²) in [5, 5.41) is 22.7. The first-order valence-electron chi connectivity index (χ1n) is 22.6. The fourth-order valence-corrected chi connectivity index (χ4v) is 11.3. The van der Waals surface area contributed by atoms with Crippen LogP contribution in [0.2, 0.25) is 0 Å². The summed E-state index contributed by atoms with van der Waals surface area (Å²) in [5.74, 6) is 3.64. The molecule has 15 rings (SSSR count). The molecule has 4 N–H and O–H groups in total. The Balaban J connectivity index is 0.000000143. The average molecular weight is 1400 g/mol. The second-order valence-electron chi connectivity index (χ2n) is 16.3. The number of aromatic nitrogens is 5. The number of benzene rings is 8. The molecule has 1 radical (unpaired) electrons. The minimum atomic E-state index is -1.36. The first-order valence-corrected chi connectivity index (χ1v) is 28.2. The van der Waals surface area contributed by atoms with Gasteiger partial charge in [-0.1, -0.05) is 199 Å². The molecular formula is C57H41Cl5IrN8O2S5-2. The van der Waals surface area contributed by atoms with Crippen LogP contribution in [0.3, 0.4) is 0 Å². The molecule has 0 bridgehead atoms. The number of amidine groups is 1. The zero-order chi connectivity index (χ0) is 52.1. The van der Waals surface area contributed by atoms with Gasteiger partial charge in [0.1, 0.15) is 28.7 Å². The van der Waals surface area contributed by atoms with Crippen molar-refractivity contribution in [2.45, 2.75) is 10.6 Å². The summed E-state index contributed by atoms with van der Waals surface area (Å²) in [6, 6.07) is 67.5. The van der Waals surface area contributed by atoms with Gasteiger partial charge >= 0.3 is 5.65 Å². The Labute approximate surface area is 509 Å². The van der Waals surface area contributed by atoms with Gasteiger partial charge in [0, 0.05) is 73.3 Å². The Bertz CT molecular complexity index is 4250. The second kappa shape index (κ2) is 27.3. The Hall–Kier alpha value is -5.24. The van der Waals surface area contributed by atoms with Crippen LogP contribution in [0.4, 0.5) is 11.5 Å². The molecule has 0 saturated carbocycles. The van der Waals surface area contributed by atoms with Gasteiger partial charge in [0.25, 0.3) is 3.12 Å². The minimum absolute atomic E-state index is 0. The van der Waals surface area contributed by atoms with Crippen LogP contribution < -0.4 is 27.4 Å². The number of hydrogen-bond acceptors (Lipinski definition) is 13. The molecule has 0 aliphatic carbocycles. The number of nitrogens with zero attached hydrogens (tertiary/aromatic N) is 7. The van der Waals surface area contributed by atoms with Crippen molar-refractivity contribution in [3.8, 4) is 11.1 Å². The third-order valence-electron chi connectivity index (χ3n) is 12.1. The molecule has 13 aromatic rings. The van der Waals surface area contributed by atoms with E-state index in [0.717, 1.165) is 54.0 Å². The SMILES string of the molecule is C.ClSC(Cl)(Cl)Cl.Nc1nc2ccccc2c2ccccc12.OO.S=c1snc2c3ccccc3c3ccccc3n12.[Cl-].[Ir].[c-]1cccc2c1N1[CH-]SN=C1c1ccccc1-2.c1ccc2c(c1)c1ccccc1[n+]1csnc21. The van der Waals surface area contributed by atoms with Gasteiger partial charge < -0.3 is 23.0 Å². The number of alkyl halides is 3. The number of rotatable bonds is 0. The van der Waals surface area contributed by atoms with Crippen LogP contribution in [0, 0.1) is 15.9 Å². The van der Waals surface area contributed by atoms with E-state index < -0.39 is 3.12 Å². The van der Waals surface area contributed by atoms with Crippen LogP contribution in [-0.2, 0) is 20.1 Å². The third-order valence-corrected chi connectivity index (χ3v) is 16.6. The van der Waals surface area contributed by atoms with E-state index in [4.69, 9.17) is 74.0 Å². The summed E-state index contributed by atoms with van der Waals surface area (Å²) in [4.78, 5) is 6.49. The average Bonchev–Trinajstić information content (AvgIpc) is 4.27. The van der Waals surface area contributed by atoms with Crippen molar-refractivity contribution < 1.29 is 47.4 Å². The van der Waals surface area contributed by atoms with Crippen LogP contribution in [0.25, 0.3) is 87.4 Å². The van der Waals surface area contributed by atoms with Crippen molar-refractivity contribution in [1.82, 2.24) is 18.1 Å². The van der Waals surface area contributed by atoms with Crippen molar-refractivity contribution in [3.05, 3.63) is 215 Å². The number of para-hydroxylation sites is 4. The molecule has 0 spiro atoms. The molecule has 8 aromatic carbocycles. The molecule has 5 aromatic heterocycles. The van der Waals surface area contributed by atoms with Gasteiger partial charge in [-0.2, -0.15) is 50.9 Å². The third kappa shape index (κ3) is 12.4. The van der Waals surface area contributed by atoms with Crippen LogP contribution in [-0.4, -0.2) is 37.6 Å². The Kier molecular flexibility index (Phi) is 21.1. The molecule has 7 heterocycles. The fraction of sp³-hybridized carbons (Fsp3) is 0.0351. The van der Waals surface area contributed by atoms with E-state index in [1.54, 1.807) is 0 Å². The van der Waals surface area contributed by atoms with Crippen molar-refractivity contribution in [1.29, 1.82) is 0 Å². The summed E-state index contributed by atoms with van der Waals surface area (Å²) in [6.45, 7) is 0. The molecule has 0 saturated heterocycles. The molecule has 0 unspecified atom stereocenters. The van der Waals surface area contributed by atoms with Crippen molar-refractivity contribution >= 4 is 197 Å². The van der Waals surface area contributed by atoms with Gasteiger partial charge in [0.15, 0.2) is 15.1 Å². The van der Waals surface area contributed by atoms with Gasteiger partial charge in [-0.25, -0.2) is 9.38 Å². The normalized spacial score (nSPS) is 11.8. The molecule has 2 aliphatic rings. The van der Waals surface area contributed by atoms with Crippen molar-refractivity contribution in [3.63, 3.8) is 0 Å². The van der Waals surface area contributed by atoms with E-state index in [9.17, 15) is 0 Å². The maximum Gasteiger partial charge on any atom is 0.351 e. The van der Waals surface area contributed by atoms with Gasteiger partial charge in [0.2, 0.25) is 0 Å². The smallest absolute Gasteiger partial charge is 0.351 e. The standard InChI is InChI=1S/C14H8N2S2.C14H9N2S.C14H8N2S.C13H10N2.CCl4S.CH4.ClH.Ir.H2O2/c17-14-16-12-8-4-3-6-10(12)9-5-1-2-7-11(9)13(16)15-18-14;2*1-2-7-12-10(5-1)11-6-3-4-8-13(11)16-9-17-15-14(12)16;14-13-11-7-2-1-5-9(11)10-6-3-4-8-12(10)15-13;2-1(3,4)6-5;;;;1-2/h1-8H;1-9H;1-7,9H;1-8H,(H2,14,15);;1H4;1H;;1-2H/q;+1;-2;;;;;;/p-1. The largest absolute Gasteiger partial charge is 1.00 e. The minimum Gasteiger partial charge on any atom is -1.00 e. The van der Waals surface area contributed by atoms with E-state index in [-0.39, 0.29) is 39.9 Å². The molecule has 397 valence electrons. The molecule has 10 nitrogen and oxygen atoms in total. The summed E-state index contributed by atoms with van der Waals surface area (Å²) < 4.78 is 17.2. The maximum atomic E-state index is 6.00. The second-order valence-corrected chi connectivity index (χ2v) is 23.1. The number of pyridine rings is 3. The topological polar surface area (TPSA) is 129 Å². The van der Waals surface area contributed by atoms with E-state index in [1.165, 1.54) is 89.5 Å². The number of hydrogen-bond donors (Lipinski definition) is 3. The molecule has 0 amide bonds. The van der Waals surface area contributed by atoms with Gasteiger partial charge in [-0.15, -0.1) is 5.56 Å². The first kappa shape index (κ1) is 60.4. The summed E-state index contributed by atoms with van der Waals surface area (Å²) in [5.41, 5.74) is 18.0. The number of halogens is 5. The molecule has 0 fully saturated rings. The van der Waals surface area contributed by atoms with Gasteiger partial charge in [-0.3, -0.25) is 14.9 Å². The van der Waals surface area contributed by atoms with Crippen molar-refractivity contribution in [2.75, 3.05) is 10.6 Å². The Morgan fingerprint density at radius 3 is 1.86 bits per heavy atom.